The van der Waals surface area contributed by atoms with Gasteiger partial charge in [0.05, 0.1) is 10.2 Å². The summed E-state index contributed by atoms with van der Waals surface area (Å²) in [6.07, 6.45) is 0. The van der Waals surface area contributed by atoms with Crippen LogP contribution in [0.2, 0.25) is 0 Å². The van der Waals surface area contributed by atoms with Crippen molar-refractivity contribution in [2.45, 2.75) is 11.8 Å². The van der Waals surface area contributed by atoms with Gasteiger partial charge in [0, 0.05) is 15.7 Å². The molecule has 78 valence electrons. The van der Waals surface area contributed by atoms with Gasteiger partial charge in [-0.15, -0.1) is 0 Å². The molecule has 0 radical (unpaired) electrons. The van der Waals surface area contributed by atoms with E-state index in [9.17, 15) is 0 Å². The molecule has 3 heteroatoms. The van der Waals surface area contributed by atoms with Gasteiger partial charge in [0.1, 0.15) is 0 Å². The molecule has 1 aromatic carbocycles. The maximum Gasteiger partial charge on any atom is 0.0573 e. The summed E-state index contributed by atoms with van der Waals surface area (Å²) in [5.74, 6) is 0. The van der Waals surface area contributed by atoms with E-state index >= 15 is 0 Å². The molecule has 0 aliphatic rings. The molecule has 1 atom stereocenters. The number of rotatable bonds is 2. The van der Waals surface area contributed by atoms with Crippen LogP contribution < -0.4 is 0 Å². The Morgan fingerprint density at radius 2 is 2.07 bits per heavy atom. The van der Waals surface area contributed by atoms with E-state index in [4.69, 9.17) is 0 Å². The van der Waals surface area contributed by atoms with E-state index in [1.165, 1.54) is 5.39 Å². The van der Waals surface area contributed by atoms with Crippen molar-refractivity contribution in [1.29, 1.82) is 0 Å². The van der Waals surface area contributed by atoms with E-state index in [0.29, 0.717) is 0 Å². The first-order chi connectivity index (χ1) is 7.11. The molecule has 0 amide bonds. The maximum absolute atomic E-state index is 4.07. The van der Waals surface area contributed by atoms with Crippen molar-refractivity contribution in [3.05, 3.63) is 41.0 Å². The van der Waals surface area contributed by atoms with Crippen molar-refractivity contribution in [2.75, 3.05) is 0 Å². The lowest BCUT2D eigenvalue weighted by molar-refractivity contribution is 1.25. The quantitative estimate of drug-likeness (QED) is 0.767. The number of alkyl halides is 1. The highest BCUT2D eigenvalue weighted by molar-refractivity contribution is 9.10. The van der Waals surface area contributed by atoms with Crippen LogP contribution in [0.3, 0.4) is 0 Å². The zero-order valence-corrected chi connectivity index (χ0v) is 11.5. The Morgan fingerprint density at radius 3 is 2.67 bits per heavy atom. The molecule has 0 spiro atoms. The minimum atomic E-state index is 0.266. The second-order valence-corrected chi connectivity index (χ2v) is 5.67. The van der Waals surface area contributed by atoms with E-state index in [2.05, 4.69) is 62.5 Å². The topological polar surface area (TPSA) is 15.8 Å². The third-order valence-corrected chi connectivity index (χ3v) is 3.82. The molecule has 1 aromatic heterocycles. The zero-order valence-electron chi connectivity index (χ0n) is 8.35. The largest absolute Gasteiger partial charge is 0.354 e. The Bertz CT molecular complexity index is 511. The van der Waals surface area contributed by atoms with Crippen LogP contribution >= 0.6 is 31.9 Å². The average Bonchev–Trinajstić information content (AvgIpc) is 2.56. The number of H-pyrrole nitrogens is 1. The van der Waals surface area contributed by atoms with Crippen molar-refractivity contribution in [3.8, 4) is 0 Å². The first kappa shape index (κ1) is 11.0. The smallest absolute Gasteiger partial charge is 0.0573 e. The lowest BCUT2D eigenvalue weighted by Crippen LogP contribution is -1.94. The van der Waals surface area contributed by atoms with E-state index < -0.39 is 0 Å². The monoisotopic (exact) mass is 327 g/mol. The number of hydrogen-bond donors (Lipinski definition) is 1. The van der Waals surface area contributed by atoms with E-state index in [1.54, 1.807) is 0 Å². The molecular formula is C12H11Br2N. The summed E-state index contributed by atoms with van der Waals surface area (Å²) in [7, 11) is 0. The van der Waals surface area contributed by atoms with E-state index in [-0.39, 0.29) is 4.83 Å². The Kier molecular flexibility index (Phi) is 3.03. The summed E-state index contributed by atoms with van der Waals surface area (Å²) in [6.45, 7) is 6.14. The number of aromatic nitrogens is 1. The number of hydrogen-bond acceptors (Lipinski definition) is 0. The van der Waals surface area contributed by atoms with Crippen LogP contribution in [0, 0.1) is 0 Å². The summed E-state index contributed by atoms with van der Waals surface area (Å²) in [5, 5.41) is 1.20. The molecule has 1 N–H and O–H groups in total. The predicted octanol–water partition coefficient (Wildman–Crippen LogP) is 4.73. The number of nitrogens with one attached hydrogen (secondary N) is 1. The molecule has 2 rings (SSSR count). The van der Waals surface area contributed by atoms with Gasteiger partial charge in [-0.3, -0.25) is 0 Å². The van der Waals surface area contributed by atoms with Crippen molar-refractivity contribution in [3.63, 3.8) is 0 Å². The first-order valence-electron chi connectivity index (χ1n) is 4.70. The van der Waals surface area contributed by atoms with Crippen LogP contribution in [0.25, 0.3) is 16.5 Å². The lowest BCUT2D eigenvalue weighted by Gasteiger charge is -2.06. The summed E-state index contributed by atoms with van der Waals surface area (Å²) in [6, 6.07) is 8.21. The number of halogens is 2. The number of allylic oxidation sites excluding steroid dienone is 1. The van der Waals surface area contributed by atoms with Gasteiger partial charge in [0.2, 0.25) is 0 Å². The van der Waals surface area contributed by atoms with Gasteiger partial charge in [-0.1, -0.05) is 40.7 Å². The molecule has 0 bridgehead atoms. The molecule has 15 heavy (non-hydrogen) atoms. The fourth-order valence-corrected chi connectivity index (χ4v) is 2.46. The lowest BCUT2D eigenvalue weighted by atomic mass is 10.1. The van der Waals surface area contributed by atoms with Gasteiger partial charge in [0.15, 0.2) is 0 Å². The molecular weight excluding hydrogens is 318 g/mol. The molecule has 0 aliphatic heterocycles. The Hall–Kier alpha value is -0.540. The van der Waals surface area contributed by atoms with Gasteiger partial charge in [-0.2, -0.15) is 0 Å². The van der Waals surface area contributed by atoms with Gasteiger partial charge in [-0.05, 0) is 34.5 Å². The SMILES string of the molecule is C=C(c1[nH]c2ccccc2c1Br)C(C)Br. The Labute approximate surface area is 106 Å². The molecule has 0 saturated heterocycles. The minimum Gasteiger partial charge on any atom is -0.354 e. The first-order valence-corrected chi connectivity index (χ1v) is 6.41. The van der Waals surface area contributed by atoms with Crippen molar-refractivity contribution < 1.29 is 0 Å². The second kappa shape index (κ2) is 4.14. The number of aromatic amines is 1. The molecule has 1 nitrogen and oxygen atoms in total. The fraction of sp³-hybridized carbons (Fsp3) is 0.167. The van der Waals surface area contributed by atoms with Crippen molar-refractivity contribution in [2.24, 2.45) is 0 Å². The van der Waals surface area contributed by atoms with Crippen LogP contribution in [-0.4, -0.2) is 9.81 Å². The maximum atomic E-state index is 4.07. The summed E-state index contributed by atoms with van der Waals surface area (Å²) in [4.78, 5) is 3.63. The third-order valence-electron chi connectivity index (χ3n) is 2.44. The summed E-state index contributed by atoms with van der Waals surface area (Å²) in [5.41, 5.74) is 3.26. The van der Waals surface area contributed by atoms with Crippen molar-refractivity contribution in [1.82, 2.24) is 4.98 Å². The molecule has 0 fully saturated rings. The van der Waals surface area contributed by atoms with E-state index in [1.807, 2.05) is 12.1 Å². The number of para-hydroxylation sites is 1. The second-order valence-electron chi connectivity index (χ2n) is 3.50. The van der Waals surface area contributed by atoms with Crippen LogP contribution in [-0.2, 0) is 0 Å². The van der Waals surface area contributed by atoms with Crippen LogP contribution in [0.15, 0.2) is 35.3 Å². The molecule has 1 unspecified atom stereocenters. The average molecular weight is 329 g/mol. The standard InChI is InChI=1S/C12H11Br2N/c1-7(8(2)13)12-11(14)9-5-3-4-6-10(9)15-12/h3-6,8,15H,1H2,2H3. The van der Waals surface area contributed by atoms with Gasteiger partial charge in [0.25, 0.3) is 0 Å². The predicted molar refractivity (Wildman–Crippen MR) is 73.4 cm³/mol. The fourth-order valence-electron chi connectivity index (χ4n) is 1.53. The normalized spacial score (nSPS) is 13.0. The molecule has 2 aromatic rings. The van der Waals surface area contributed by atoms with Crippen LogP contribution in [0.5, 0.6) is 0 Å². The van der Waals surface area contributed by atoms with Crippen LogP contribution in [0.1, 0.15) is 12.6 Å². The van der Waals surface area contributed by atoms with Gasteiger partial charge < -0.3 is 4.98 Å². The highest BCUT2D eigenvalue weighted by Crippen LogP contribution is 2.33. The number of benzene rings is 1. The minimum absolute atomic E-state index is 0.266. The molecule has 1 heterocycles. The van der Waals surface area contributed by atoms with E-state index in [0.717, 1.165) is 21.3 Å². The summed E-state index contributed by atoms with van der Waals surface area (Å²) < 4.78 is 1.09. The van der Waals surface area contributed by atoms with Crippen molar-refractivity contribution >= 4 is 48.3 Å². The third kappa shape index (κ3) is 1.91. The summed E-state index contributed by atoms with van der Waals surface area (Å²) >= 11 is 7.14. The van der Waals surface area contributed by atoms with Gasteiger partial charge >= 0.3 is 0 Å². The molecule has 0 saturated carbocycles. The highest BCUT2D eigenvalue weighted by Gasteiger charge is 2.13. The van der Waals surface area contributed by atoms with Gasteiger partial charge in [-0.25, -0.2) is 0 Å². The Morgan fingerprint density at radius 1 is 1.40 bits per heavy atom. The Balaban J connectivity index is 2.63. The number of fused-ring (bicyclic) bond motifs is 1. The van der Waals surface area contributed by atoms with Crippen LogP contribution in [0.4, 0.5) is 0 Å². The highest BCUT2D eigenvalue weighted by atomic mass is 79.9. The molecule has 0 aliphatic carbocycles. The zero-order chi connectivity index (χ0) is 11.0.